The highest BCUT2D eigenvalue weighted by Gasteiger charge is 2.53. The van der Waals surface area contributed by atoms with Gasteiger partial charge in [-0.3, -0.25) is 9.80 Å². The number of benzene rings is 2. The van der Waals surface area contributed by atoms with E-state index in [1.165, 1.54) is 11.0 Å². The monoisotopic (exact) mass is 838 g/mol. The van der Waals surface area contributed by atoms with Crippen molar-refractivity contribution in [3.8, 4) is 34.6 Å². The van der Waals surface area contributed by atoms with Gasteiger partial charge in [0.1, 0.15) is 49.0 Å². The molecule has 0 spiro atoms. The lowest BCUT2D eigenvalue weighted by Gasteiger charge is -2.47. The maximum Gasteiger partial charge on any atom is 0.407 e. The molecule has 316 valence electrons. The number of pyridine rings is 1. The first kappa shape index (κ1) is 40.5. The van der Waals surface area contributed by atoms with E-state index in [9.17, 15) is 14.3 Å². The number of nitrogens with zero attached hydrogens (tertiary/aromatic N) is 6. The third kappa shape index (κ3) is 6.16. The van der Waals surface area contributed by atoms with Crippen molar-refractivity contribution in [2.45, 2.75) is 127 Å². The molecule has 9 rings (SSSR count). The molecule has 0 radical (unpaired) electrons. The molecule has 0 saturated carbocycles. The van der Waals surface area contributed by atoms with E-state index in [0.717, 1.165) is 19.4 Å². The number of piperazine rings is 1. The fourth-order valence-corrected chi connectivity index (χ4v) is 17.1. The first-order chi connectivity index (χ1) is 28.7. The molecule has 4 fully saturated rings. The van der Waals surface area contributed by atoms with Crippen LogP contribution in [0.4, 0.5) is 23.8 Å². The summed E-state index contributed by atoms with van der Waals surface area (Å²) < 4.78 is 61.0. The van der Waals surface area contributed by atoms with Crippen molar-refractivity contribution < 1.29 is 32.5 Å². The van der Waals surface area contributed by atoms with Gasteiger partial charge in [0.25, 0.3) is 0 Å². The number of hydrogen-bond donors (Lipinski definition) is 1. The fourth-order valence-electron chi connectivity index (χ4n) is 11.9. The van der Waals surface area contributed by atoms with Crippen LogP contribution in [0.1, 0.15) is 86.1 Å². The third-order valence-corrected chi connectivity index (χ3v) is 20.8. The van der Waals surface area contributed by atoms with Gasteiger partial charge in [0, 0.05) is 24.0 Å². The number of anilines is 1. The van der Waals surface area contributed by atoms with Crippen LogP contribution in [0.5, 0.6) is 11.9 Å². The van der Waals surface area contributed by atoms with Crippen LogP contribution in [0.2, 0.25) is 16.6 Å². The Morgan fingerprint density at radius 3 is 2.55 bits per heavy atom. The van der Waals surface area contributed by atoms with Crippen LogP contribution in [0, 0.1) is 23.1 Å². The zero-order chi connectivity index (χ0) is 42.4. The molecule has 2 aromatic heterocycles. The molecule has 4 saturated heterocycles. The van der Waals surface area contributed by atoms with Gasteiger partial charge in [-0.25, -0.2) is 22.9 Å². The van der Waals surface area contributed by atoms with Crippen molar-refractivity contribution in [2.24, 2.45) is 0 Å². The lowest BCUT2D eigenvalue weighted by molar-refractivity contribution is 0.0706. The predicted octanol–water partition coefficient (Wildman–Crippen LogP) is 9.64. The second-order valence-corrected chi connectivity index (χ2v) is 24.1. The van der Waals surface area contributed by atoms with E-state index in [4.69, 9.17) is 24.4 Å². The van der Waals surface area contributed by atoms with Crippen molar-refractivity contribution in [1.29, 1.82) is 0 Å². The van der Waals surface area contributed by atoms with E-state index in [-0.39, 0.29) is 46.7 Å². The van der Waals surface area contributed by atoms with E-state index in [0.29, 0.717) is 83.0 Å². The molecular formula is C46H53F3N6O4Si. The molecule has 14 heteroatoms. The van der Waals surface area contributed by atoms with Crippen LogP contribution in [0.15, 0.2) is 42.2 Å². The predicted molar refractivity (Wildman–Crippen MR) is 229 cm³/mol. The van der Waals surface area contributed by atoms with Crippen LogP contribution >= 0.6 is 0 Å². The molecule has 5 atom stereocenters. The van der Waals surface area contributed by atoms with Crippen molar-refractivity contribution >= 4 is 41.7 Å². The highest BCUT2D eigenvalue weighted by Crippen LogP contribution is 2.48. The SMILES string of the molecule is CC1Oc2nc(-c3cccc4ccc(F)c(C#C[Si](C(C)C)(C(C)C)C(C)C)c34)c(F)c3nc(OCC45CCCN4CC(=CF)C5)nc(c23)N2CC3CCC(C12)N3C(=O)O. The molecule has 10 nitrogen and oxygen atoms in total. The number of halogens is 3. The Hall–Kier alpha value is -4.87. The molecule has 1 amide bonds. The summed E-state index contributed by atoms with van der Waals surface area (Å²) in [5.74, 6) is 2.55. The summed E-state index contributed by atoms with van der Waals surface area (Å²) in [6.45, 7) is 16.9. The smallest absolute Gasteiger partial charge is 0.407 e. The van der Waals surface area contributed by atoms with E-state index >= 15 is 8.78 Å². The molecule has 5 aliphatic rings. The number of ether oxygens (including phenoxy) is 2. The van der Waals surface area contributed by atoms with E-state index in [2.05, 4.69) is 57.9 Å². The zero-order valence-electron chi connectivity index (χ0n) is 35.4. The summed E-state index contributed by atoms with van der Waals surface area (Å²) in [6.07, 6.45) is 2.68. The van der Waals surface area contributed by atoms with Crippen LogP contribution < -0.4 is 14.4 Å². The number of carboxylic acid groups (broad SMARTS) is 1. The van der Waals surface area contributed by atoms with E-state index < -0.39 is 49.5 Å². The lowest BCUT2D eigenvalue weighted by Crippen LogP contribution is -2.64. The number of rotatable bonds is 7. The second kappa shape index (κ2) is 14.9. The number of amides is 1. The average Bonchev–Trinajstić information content (AvgIpc) is 3.84. The highest BCUT2D eigenvalue weighted by molar-refractivity contribution is 6.90. The normalized spacial score (nSPS) is 25.6. The fraction of sp³-hybridized carbons (Fsp3) is 0.522. The highest BCUT2D eigenvalue weighted by atomic mass is 28.3. The Balaban J connectivity index is 1.25. The van der Waals surface area contributed by atoms with Crippen LogP contribution in [0.3, 0.4) is 0 Å². The summed E-state index contributed by atoms with van der Waals surface area (Å²) in [5.41, 5.74) is 5.26. The van der Waals surface area contributed by atoms with Gasteiger partial charge in [0.05, 0.1) is 35.6 Å². The van der Waals surface area contributed by atoms with Crippen LogP contribution in [-0.4, -0.2) is 100 Å². The first-order valence-corrected chi connectivity index (χ1v) is 23.7. The molecule has 2 aromatic carbocycles. The molecule has 2 bridgehead atoms. The Labute approximate surface area is 350 Å². The minimum Gasteiger partial charge on any atom is -0.472 e. The number of carbonyl (C=O) groups is 1. The van der Waals surface area contributed by atoms with Crippen LogP contribution in [-0.2, 0) is 0 Å². The molecule has 4 aromatic rings. The molecule has 60 heavy (non-hydrogen) atoms. The minimum absolute atomic E-state index is 0.0485. The number of aromatic nitrogens is 3. The largest absolute Gasteiger partial charge is 0.472 e. The molecular weight excluding hydrogens is 786 g/mol. The van der Waals surface area contributed by atoms with Crippen molar-refractivity contribution in [3.63, 3.8) is 0 Å². The maximum absolute atomic E-state index is 17.8. The topological polar surface area (TPSA) is 104 Å². The Morgan fingerprint density at radius 2 is 1.83 bits per heavy atom. The second-order valence-electron chi connectivity index (χ2n) is 18.5. The standard InChI is InChI=1S/C46H53F3N6O4Si/c1-25(2)60(26(3)4,27(5)6)19-16-32-34(48)14-12-30-10-8-11-33(36(30)32)39-38(49)40-37-42(52-44(51-40)58-24-46-17-9-18-53(46)22-29(20-46)21-47)54-23-31-13-15-35(55(31)45(56)57)41(54)28(7)59-43(37)50-39/h8,10-12,14,21,25-28,31,35,41H,9,13,15,17-18,20,22-24H2,1-7H3,(H,56,57). The summed E-state index contributed by atoms with van der Waals surface area (Å²) in [6, 6.07) is 7.25. The molecule has 5 unspecified atom stereocenters. The van der Waals surface area contributed by atoms with Gasteiger partial charge < -0.3 is 19.5 Å². The number of fused-ring (bicyclic) bond motifs is 7. The van der Waals surface area contributed by atoms with Gasteiger partial charge in [-0.1, -0.05) is 71.7 Å². The maximum atomic E-state index is 17.8. The lowest BCUT2D eigenvalue weighted by atomic mass is 9.94. The summed E-state index contributed by atoms with van der Waals surface area (Å²) >= 11 is 0. The zero-order valence-corrected chi connectivity index (χ0v) is 36.4. The summed E-state index contributed by atoms with van der Waals surface area (Å²) in [7, 11) is -2.30. The summed E-state index contributed by atoms with van der Waals surface area (Å²) in [4.78, 5) is 33.0. The molecule has 7 heterocycles. The molecule has 1 N–H and O–H groups in total. The summed E-state index contributed by atoms with van der Waals surface area (Å²) in [5, 5.41) is 11.7. The average molecular weight is 839 g/mol. The quantitative estimate of drug-likeness (QED) is 0.144. The van der Waals surface area contributed by atoms with Gasteiger partial charge >= 0.3 is 12.1 Å². The Bertz CT molecular complexity index is 2480. The first-order valence-electron chi connectivity index (χ1n) is 21.5. The Kier molecular flexibility index (Phi) is 10.1. The van der Waals surface area contributed by atoms with Gasteiger partial charge in [-0.2, -0.15) is 9.97 Å². The minimum atomic E-state index is -2.30. The molecule has 5 aliphatic heterocycles. The van der Waals surface area contributed by atoms with E-state index in [1.807, 2.05) is 17.9 Å². The van der Waals surface area contributed by atoms with Gasteiger partial charge in [0.15, 0.2) is 5.82 Å². The number of hydrogen-bond acceptors (Lipinski definition) is 8. The van der Waals surface area contributed by atoms with Crippen molar-refractivity contribution in [1.82, 2.24) is 24.8 Å². The van der Waals surface area contributed by atoms with Crippen LogP contribution in [0.25, 0.3) is 32.9 Å². The van der Waals surface area contributed by atoms with E-state index in [1.54, 1.807) is 18.2 Å². The van der Waals surface area contributed by atoms with Crippen molar-refractivity contribution in [3.05, 3.63) is 59.4 Å². The van der Waals surface area contributed by atoms with Crippen molar-refractivity contribution in [2.75, 3.05) is 31.1 Å². The van der Waals surface area contributed by atoms with Gasteiger partial charge in [-0.05, 0) is 79.2 Å². The molecule has 0 aliphatic carbocycles. The van der Waals surface area contributed by atoms with Gasteiger partial charge in [0.2, 0.25) is 5.88 Å². The third-order valence-electron chi connectivity index (χ3n) is 14.5. The van der Waals surface area contributed by atoms with Gasteiger partial charge in [-0.15, -0.1) is 5.54 Å². The Morgan fingerprint density at radius 1 is 1.07 bits per heavy atom.